The number of imide groups is 1. The molecule has 10 heteroatoms. The SMILES string of the molecule is CCOc1cc([N+](=O)[O-])cc(/C=C2\SC(=O)N(CCOc3cccc4ccccc34)C2=O)c1O. The number of phenols is 1. The third-order valence-electron chi connectivity index (χ3n) is 5.08. The molecule has 0 aromatic heterocycles. The molecule has 34 heavy (non-hydrogen) atoms. The van der Waals surface area contributed by atoms with Gasteiger partial charge >= 0.3 is 0 Å². The minimum Gasteiger partial charge on any atom is -0.504 e. The van der Waals surface area contributed by atoms with Crippen LogP contribution >= 0.6 is 11.8 Å². The van der Waals surface area contributed by atoms with E-state index in [1.165, 1.54) is 6.08 Å². The number of rotatable bonds is 8. The predicted octanol–water partition coefficient (Wildman–Crippen LogP) is 4.97. The van der Waals surface area contributed by atoms with Crippen LogP contribution < -0.4 is 9.47 Å². The van der Waals surface area contributed by atoms with Crippen molar-refractivity contribution in [3.05, 3.63) is 75.2 Å². The highest BCUT2D eigenvalue weighted by Gasteiger charge is 2.35. The van der Waals surface area contributed by atoms with E-state index in [-0.39, 0.29) is 47.4 Å². The van der Waals surface area contributed by atoms with E-state index in [1.807, 2.05) is 42.5 Å². The number of benzene rings is 3. The van der Waals surface area contributed by atoms with E-state index in [2.05, 4.69) is 0 Å². The lowest BCUT2D eigenvalue weighted by atomic mass is 10.1. The highest BCUT2D eigenvalue weighted by Crippen LogP contribution is 2.39. The summed E-state index contributed by atoms with van der Waals surface area (Å²) >= 11 is 0.689. The number of carbonyl (C=O) groups excluding carboxylic acids is 2. The minimum atomic E-state index is -0.629. The normalized spacial score (nSPS) is 14.7. The van der Waals surface area contributed by atoms with Gasteiger partial charge in [0.1, 0.15) is 12.4 Å². The number of nitrogens with zero attached hydrogens (tertiary/aromatic N) is 2. The Bertz CT molecular complexity index is 1320. The maximum atomic E-state index is 12.8. The summed E-state index contributed by atoms with van der Waals surface area (Å²) in [6.45, 7) is 1.97. The molecule has 0 unspecified atom stereocenters. The van der Waals surface area contributed by atoms with Gasteiger partial charge in [-0.15, -0.1) is 0 Å². The fourth-order valence-electron chi connectivity index (χ4n) is 3.50. The molecule has 0 atom stereocenters. The van der Waals surface area contributed by atoms with E-state index < -0.39 is 16.1 Å². The first-order valence-corrected chi connectivity index (χ1v) is 11.2. The van der Waals surface area contributed by atoms with Crippen LogP contribution in [0.1, 0.15) is 12.5 Å². The van der Waals surface area contributed by atoms with Gasteiger partial charge in [-0.05, 0) is 36.2 Å². The van der Waals surface area contributed by atoms with Gasteiger partial charge in [0.2, 0.25) is 0 Å². The molecular weight excluding hydrogens is 460 g/mol. The fraction of sp³-hybridized carbons (Fsp3) is 0.167. The second kappa shape index (κ2) is 9.84. The van der Waals surface area contributed by atoms with E-state index in [9.17, 15) is 24.8 Å². The van der Waals surface area contributed by atoms with Gasteiger partial charge < -0.3 is 14.6 Å². The van der Waals surface area contributed by atoms with E-state index in [1.54, 1.807) is 6.92 Å². The van der Waals surface area contributed by atoms with E-state index >= 15 is 0 Å². The van der Waals surface area contributed by atoms with Crippen molar-refractivity contribution in [2.45, 2.75) is 6.92 Å². The molecule has 1 saturated heterocycles. The van der Waals surface area contributed by atoms with Crippen LogP contribution in [0.4, 0.5) is 10.5 Å². The summed E-state index contributed by atoms with van der Waals surface area (Å²) in [4.78, 5) is 37.0. The summed E-state index contributed by atoms with van der Waals surface area (Å²) < 4.78 is 11.1. The minimum absolute atomic E-state index is 0.00940. The monoisotopic (exact) mass is 480 g/mol. The first-order chi connectivity index (χ1) is 16.4. The molecule has 174 valence electrons. The quantitative estimate of drug-likeness (QED) is 0.273. The van der Waals surface area contributed by atoms with Gasteiger partial charge in [0.25, 0.3) is 16.8 Å². The smallest absolute Gasteiger partial charge is 0.293 e. The largest absolute Gasteiger partial charge is 0.504 e. The van der Waals surface area contributed by atoms with Crippen LogP contribution in [0.15, 0.2) is 59.5 Å². The maximum Gasteiger partial charge on any atom is 0.293 e. The van der Waals surface area contributed by atoms with E-state index in [0.717, 1.165) is 27.8 Å². The Kier molecular flexibility index (Phi) is 6.69. The molecular formula is C24H20N2O7S. The van der Waals surface area contributed by atoms with Gasteiger partial charge in [-0.2, -0.15) is 0 Å². The van der Waals surface area contributed by atoms with Gasteiger partial charge in [-0.1, -0.05) is 36.4 Å². The number of nitro groups is 1. The molecule has 1 N–H and O–H groups in total. The molecule has 0 aliphatic carbocycles. The molecule has 1 heterocycles. The van der Waals surface area contributed by atoms with Crippen molar-refractivity contribution < 1.29 is 29.1 Å². The fourth-order valence-corrected chi connectivity index (χ4v) is 4.35. The number of ether oxygens (including phenoxy) is 2. The number of fused-ring (bicyclic) bond motifs is 1. The Labute approximate surface area is 198 Å². The number of hydrogen-bond acceptors (Lipinski definition) is 8. The lowest BCUT2D eigenvalue weighted by molar-refractivity contribution is -0.385. The molecule has 0 radical (unpaired) electrons. The molecule has 1 aliphatic rings. The lowest BCUT2D eigenvalue weighted by Crippen LogP contribution is -2.32. The van der Waals surface area contributed by atoms with Gasteiger partial charge in [0.05, 0.1) is 29.0 Å². The van der Waals surface area contributed by atoms with Crippen LogP contribution in [0.5, 0.6) is 17.2 Å². The Balaban J connectivity index is 1.51. The highest BCUT2D eigenvalue weighted by molar-refractivity contribution is 8.18. The molecule has 4 rings (SSSR count). The average Bonchev–Trinajstić information content (AvgIpc) is 3.09. The number of nitro benzene ring substituents is 1. The van der Waals surface area contributed by atoms with Gasteiger partial charge in [-0.3, -0.25) is 24.6 Å². The summed E-state index contributed by atoms with van der Waals surface area (Å²) in [5.41, 5.74) is -0.301. The van der Waals surface area contributed by atoms with Crippen molar-refractivity contribution >= 4 is 45.4 Å². The van der Waals surface area contributed by atoms with Gasteiger partial charge in [-0.25, -0.2) is 0 Å². The van der Waals surface area contributed by atoms with E-state index in [4.69, 9.17) is 9.47 Å². The third kappa shape index (κ3) is 4.67. The number of hydrogen-bond donors (Lipinski definition) is 1. The van der Waals surface area contributed by atoms with Crippen molar-refractivity contribution in [2.75, 3.05) is 19.8 Å². The molecule has 3 aromatic carbocycles. The molecule has 1 aliphatic heterocycles. The zero-order valence-electron chi connectivity index (χ0n) is 18.1. The summed E-state index contributed by atoms with van der Waals surface area (Å²) in [6.07, 6.45) is 1.25. The second-order valence-corrected chi connectivity index (χ2v) is 8.22. The van der Waals surface area contributed by atoms with Crippen LogP contribution in [0.2, 0.25) is 0 Å². The van der Waals surface area contributed by atoms with Crippen LogP contribution in [0.25, 0.3) is 16.8 Å². The first kappa shape index (κ1) is 23.1. The number of thioether (sulfide) groups is 1. The summed E-state index contributed by atoms with van der Waals surface area (Å²) in [5.74, 6) is -0.352. The number of phenolic OH excluding ortho intramolecular Hbond substituents is 1. The van der Waals surface area contributed by atoms with Crippen molar-refractivity contribution in [1.29, 1.82) is 0 Å². The maximum absolute atomic E-state index is 12.8. The molecule has 0 bridgehead atoms. The summed E-state index contributed by atoms with van der Waals surface area (Å²) in [7, 11) is 0. The van der Waals surface area contributed by atoms with Crippen LogP contribution in [0.3, 0.4) is 0 Å². The third-order valence-corrected chi connectivity index (χ3v) is 5.99. The molecule has 0 saturated carbocycles. The van der Waals surface area contributed by atoms with Crippen molar-refractivity contribution in [2.24, 2.45) is 0 Å². The van der Waals surface area contributed by atoms with Gasteiger partial charge in [0.15, 0.2) is 11.5 Å². The van der Waals surface area contributed by atoms with Crippen LogP contribution in [0, 0.1) is 10.1 Å². The topological polar surface area (TPSA) is 119 Å². The molecule has 0 spiro atoms. The summed E-state index contributed by atoms with van der Waals surface area (Å²) in [6, 6.07) is 15.6. The van der Waals surface area contributed by atoms with E-state index in [0.29, 0.717) is 17.5 Å². The zero-order valence-corrected chi connectivity index (χ0v) is 18.9. The number of non-ortho nitro benzene ring substituents is 1. The van der Waals surface area contributed by atoms with Crippen LogP contribution in [-0.4, -0.2) is 45.8 Å². The van der Waals surface area contributed by atoms with Gasteiger partial charge in [0, 0.05) is 17.0 Å². The predicted molar refractivity (Wildman–Crippen MR) is 128 cm³/mol. The summed E-state index contributed by atoms with van der Waals surface area (Å²) in [5, 5.41) is 23.1. The first-order valence-electron chi connectivity index (χ1n) is 10.4. The second-order valence-electron chi connectivity index (χ2n) is 7.23. The Morgan fingerprint density at radius 1 is 1.09 bits per heavy atom. The molecule has 1 fully saturated rings. The molecule has 2 amide bonds. The zero-order chi connectivity index (χ0) is 24.2. The van der Waals surface area contributed by atoms with Crippen molar-refractivity contribution in [3.63, 3.8) is 0 Å². The Morgan fingerprint density at radius 2 is 1.85 bits per heavy atom. The van der Waals surface area contributed by atoms with Crippen LogP contribution in [-0.2, 0) is 4.79 Å². The standard InChI is InChI=1S/C24H20N2O7S/c1-2-32-20-14-17(26(30)31)12-16(22(20)27)13-21-23(28)25(24(29)34-21)10-11-33-19-9-5-7-15-6-3-4-8-18(15)19/h3-9,12-14,27H,2,10-11H2,1H3/b21-13-. The number of aromatic hydroxyl groups is 1. The molecule has 3 aromatic rings. The molecule has 9 nitrogen and oxygen atoms in total. The lowest BCUT2D eigenvalue weighted by Gasteiger charge is -2.14. The van der Waals surface area contributed by atoms with Crippen molar-refractivity contribution in [3.8, 4) is 17.2 Å². The van der Waals surface area contributed by atoms with Crippen molar-refractivity contribution in [1.82, 2.24) is 4.90 Å². The highest BCUT2D eigenvalue weighted by atomic mass is 32.2. The number of amides is 2. The Morgan fingerprint density at radius 3 is 2.62 bits per heavy atom. The Hall–Kier alpha value is -4.05. The average molecular weight is 480 g/mol. The number of carbonyl (C=O) groups is 2.